The first kappa shape index (κ1) is 10.8. The summed E-state index contributed by atoms with van der Waals surface area (Å²) in [7, 11) is 0. The van der Waals surface area contributed by atoms with Crippen molar-refractivity contribution in [3.05, 3.63) is 42.5 Å². The van der Waals surface area contributed by atoms with E-state index < -0.39 is 0 Å². The van der Waals surface area contributed by atoms with E-state index in [0.29, 0.717) is 6.54 Å². The van der Waals surface area contributed by atoms with E-state index in [1.165, 1.54) is 0 Å². The zero-order valence-electron chi connectivity index (χ0n) is 9.24. The van der Waals surface area contributed by atoms with E-state index in [2.05, 4.69) is 21.9 Å². The monoisotopic (exact) mass is 217 g/mol. The minimum Gasteiger partial charge on any atom is -0.327 e. The van der Waals surface area contributed by atoms with Crippen LogP contribution in [0.1, 0.15) is 30.8 Å². The van der Waals surface area contributed by atoms with Crippen molar-refractivity contribution in [2.45, 2.75) is 25.9 Å². The molecule has 0 aliphatic rings. The van der Waals surface area contributed by atoms with Gasteiger partial charge in [-0.15, -0.1) is 0 Å². The quantitative estimate of drug-likeness (QED) is 0.833. The number of hydrogen-bond donors (Lipinski definition) is 1. The second-order valence-corrected chi connectivity index (χ2v) is 3.66. The molecule has 0 bridgehead atoms. The van der Waals surface area contributed by atoms with Gasteiger partial charge in [0.1, 0.15) is 6.33 Å². The molecule has 0 aromatic carbocycles. The maximum atomic E-state index is 6.00. The largest absolute Gasteiger partial charge is 0.327 e. The molecule has 5 nitrogen and oxygen atoms in total. The molecule has 0 fully saturated rings. The summed E-state index contributed by atoms with van der Waals surface area (Å²) >= 11 is 0. The van der Waals surface area contributed by atoms with Crippen LogP contribution in [-0.2, 0) is 6.54 Å². The van der Waals surface area contributed by atoms with Gasteiger partial charge in [-0.25, -0.2) is 15.0 Å². The average molecular weight is 217 g/mol. The van der Waals surface area contributed by atoms with Crippen LogP contribution in [0.4, 0.5) is 0 Å². The van der Waals surface area contributed by atoms with Crippen LogP contribution in [0.5, 0.6) is 0 Å². The highest BCUT2D eigenvalue weighted by Crippen LogP contribution is 2.13. The maximum Gasteiger partial charge on any atom is 0.115 e. The van der Waals surface area contributed by atoms with Gasteiger partial charge in [0.15, 0.2) is 0 Å². The highest BCUT2D eigenvalue weighted by atomic mass is 15.1. The van der Waals surface area contributed by atoms with Gasteiger partial charge in [-0.3, -0.25) is 0 Å². The van der Waals surface area contributed by atoms with Gasteiger partial charge in [0, 0.05) is 18.4 Å². The number of hydrogen-bond acceptors (Lipinski definition) is 4. The van der Waals surface area contributed by atoms with Crippen molar-refractivity contribution in [1.29, 1.82) is 0 Å². The Morgan fingerprint density at radius 1 is 1.44 bits per heavy atom. The fraction of sp³-hybridized carbons (Fsp3) is 0.364. The van der Waals surface area contributed by atoms with Crippen molar-refractivity contribution in [3.63, 3.8) is 0 Å². The Bertz CT molecular complexity index is 437. The minimum absolute atomic E-state index is 0.0318. The molecule has 0 aliphatic heterocycles. The zero-order valence-corrected chi connectivity index (χ0v) is 9.24. The number of imidazole rings is 1. The second kappa shape index (κ2) is 4.85. The van der Waals surface area contributed by atoms with Crippen molar-refractivity contribution in [2.24, 2.45) is 5.73 Å². The SMILES string of the molecule is CC[C@@H](N)c1cncn1Cc1ccncn1. The molecule has 2 aromatic rings. The molecule has 84 valence electrons. The predicted octanol–water partition coefficient (Wildman–Crippen LogP) is 1.13. The third kappa shape index (κ3) is 2.25. The number of rotatable bonds is 4. The zero-order chi connectivity index (χ0) is 11.4. The van der Waals surface area contributed by atoms with Crippen molar-refractivity contribution in [3.8, 4) is 0 Å². The third-order valence-corrected chi connectivity index (χ3v) is 2.54. The van der Waals surface area contributed by atoms with E-state index in [1.54, 1.807) is 18.9 Å². The van der Waals surface area contributed by atoms with E-state index in [0.717, 1.165) is 17.8 Å². The molecular weight excluding hydrogens is 202 g/mol. The van der Waals surface area contributed by atoms with E-state index in [4.69, 9.17) is 5.73 Å². The standard InChI is InChI=1S/C11H15N5/c1-2-10(12)11-5-14-8-16(11)6-9-3-4-13-7-15-9/h3-5,7-8,10H,2,6,12H2,1H3/t10-/m1/s1. The van der Waals surface area contributed by atoms with E-state index in [9.17, 15) is 0 Å². The molecule has 2 rings (SSSR count). The van der Waals surface area contributed by atoms with Crippen molar-refractivity contribution >= 4 is 0 Å². The molecule has 0 spiro atoms. The molecule has 2 N–H and O–H groups in total. The predicted molar refractivity (Wildman–Crippen MR) is 60.6 cm³/mol. The second-order valence-electron chi connectivity index (χ2n) is 3.66. The third-order valence-electron chi connectivity index (χ3n) is 2.54. The van der Waals surface area contributed by atoms with Crippen molar-refractivity contribution < 1.29 is 0 Å². The first-order valence-electron chi connectivity index (χ1n) is 5.31. The Hall–Kier alpha value is -1.75. The first-order chi connectivity index (χ1) is 7.81. The van der Waals surface area contributed by atoms with Crippen LogP contribution < -0.4 is 5.73 Å². The van der Waals surface area contributed by atoms with Crippen LogP contribution in [-0.4, -0.2) is 19.5 Å². The Balaban J connectivity index is 2.19. The van der Waals surface area contributed by atoms with Gasteiger partial charge in [0.05, 0.1) is 24.3 Å². The van der Waals surface area contributed by atoms with Crippen LogP contribution >= 0.6 is 0 Å². The lowest BCUT2D eigenvalue weighted by molar-refractivity contribution is 0.613. The molecular formula is C11H15N5. The number of nitrogens with zero attached hydrogens (tertiary/aromatic N) is 4. The fourth-order valence-electron chi connectivity index (χ4n) is 1.57. The van der Waals surface area contributed by atoms with Gasteiger partial charge < -0.3 is 10.3 Å². The normalized spacial score (nSPS) is 12.6. The lowest BCUT2D eigenvalue weighted by atomic mass is 10.2. The van der Waals surface area contributed by atoms with Gasteiger partial charge in [0.2, 0.25) is 0 Å². The molecule has 1 atom stereocenters. The van der Waals surface area contributed by atoms with Crippen LogP contribution in [0.15, 0.2) is 31.1 Å². The lowest BCUT2D eigenvalue weighted by Gasteiger charge is -2.12. The summed E-state index contributed by atoms with van der Waals surface area (Å²) in [6.07, 6.45) is 7.78. The molecule has 0 radical (unpaired) electrons. The highest BCUT2D eigenvalue weighted by molar-refractivity contribution is 5.08. The van der Waals surface area contributed by atoms with Gasteiger partial charge in [0.25, 0.3) is 0 Å². The summed E-state index contributed by atoms with van der Waals surface area (Å²) in [6, 6.07) is 1.92. The summed E-state index contributed by atoms with van der Waals surface area (Å²) in [5.74, 6) is 0. The Labute approximate surface area is 94.4 Å². The summed E-state index contributed by atoms with van der Waals surface area (Å²) in [5.41, 5.74) is 8.00. The smallest absolute Gasteiger partial charge is 0.115 e. The van der Waals surface area contributed by atoms with Crippen LogP contribution in [0.2, 0.25) is 0 Å². The van der Waals surface area contributed by atoms with Crippen LogP contribution in [0, 0.1) is 0 Å². The van der Waals surface area contributed by atoms with Gasteiger partial charge in [-0.05, 0) is 12.5 Å². The summed E-state index contributed by atoms with van der Waals surface area (Å²) < 4.78 is 2.02. The molecule has 0 amide bonds. The molecule has 2 heterocycles. The van der Waals surface area contributed by atoms with Crippen molar-refractivity contribution in [1.82, 2.24) is 19.5 Å². The molecule has 16 heavy (non-hydrogen) atoms. The van der Waals surface area contributed by atoms with Gasteiger partial charge in [-0.1, -0.05) is 6.92 Å². The van der Waals surface area contributed by atoms with Crippen LogP contribution in [0.3, 0.4) is 0 Å². The fourth-order valence-corrected chi connectivity index (χ4v) is 1.57. The lowest BCUT2D eigenvalue weighted by Crippen LogP contribution is -2.15. The van der Waals surface area contributed by atoms with Crippen LogP contribution in [0.25, 0.3) is 0 Å². The number of aromatic nitrogens is 4. The Kier molecular flexibility index (Phi) is 3.26. The van der Waals surface area contributed by atoms with E-state index in [-0.39, 0.29) is 6.04 Å². The molecule has 0 saturated heterocycles. The van der Waals surface area contributed by atoms with Crippen molar-refractivity contribution in [2.75, 3.05) is 0 Å². The first-order valence-corrected chi connectivity index (χ1v) is 5.31. The van der Waals surface area contributed by atoms with E-state index in [1.807, 2.05) is 16.8 Å². The number of nitrogens with two attached hydrogens (primary N) is 1. The van der Waals surface area contributed by atoms with Gasteiger partial charge in [-0.2, -0.15) is 0 Å². The molecule has 0 unspecified atom stereocenters. The molecule has 5 heteroatoms. The minimum atomic E-state index is 0.0318. The topological polar surface area (TPSA) is 69.6 Å². The molecule has 0 saturated carbocycles. The summed E-state index contributed by atoms with van der Waals surface area (Å²) in [4.78, 5) is 12.2. The maximum absolute atomic E-state index is 6.00. The highest BCUT2D eigenvalue weighted by Gasteiger charge is 2.09. The Morgan fingerprint density at radius 3 is 3.00 bits per heavy atom. The van der Waals surface area contributed by atoms with E-state index >= 15 is 0 Å². The molecule has 0 aliphatic carbocycles. The average Bonchev–Trinajstić information content (AvgIpc) is 2.77. The molecule has 2 aromatic heterocycles. The van der Waals surface area contributed by atoms with Gasteiger partial charge >= 0.3 is 0 Å². The Morgan fingerprint density at radius 2 is 2.31 bits per heavy atom. The summed E-state index contributed by atoms with van der Waals surface area (Å²) in [6.45, 7) is 2.75. The summed E-state index contributed by atoms with van der Waals surface area (Å²) in [5, 5.41) is 0.